The second kappa shape index (κ2) is 10.6. The average Bonchev–Trinajstić information content (AvgIpc) is 3.59. The number of hydrogen-bond acceptors (Lipinski definition) is 5. The molecule has 0 aliphatic carbocycles. The highest BCUT2D eigenvalue weighted by Gasteiger charge is 2.51. The normalized spacial score (nSPS) is 15.6. The van der Waals surface area contributed by atoms with E-state index in [0.717, 1.165) is 55.5 Å². The standard InChI is InChI=1S/C42H33BN2O3/c1-41(2)42(3,4)48-43(47-41)31-19-15-27(16-20-31)40-44-36(29-17-21-33-28(23-29)14-13-26-9-5-6-10-32(26)33)25-37(45-40)30-18-22-39-35(24-30)34-11-7-8-12-38(34)46-39/h5-25H,1-4H3. The fourth-order valence-corrected chi connectivity index (χ4v) is 6.70. The Kier molecular flexibility index (Phi) is 6.39. The fraction of sp³-hybridized carbons (Fsp3) is 0.143. The first-order chi connectivity index (χ1) is 23.2. The summed E-state index contributed by atoms with van der Waals surface area (Å²) in [4.78, 5) is 10.3. The second-order valence-corrected chi connectivity index (χ2v) is 13.7. The minimum atomic E-state index is -0.433. The Morgan fingerprint density at radius 2 is 1.06 bits per heavy atom. The van der Waals surface area contributed by atoms with Crippen molar-refractivity contribution in [2.45, 2.75) is 38.9 Å². The van der Waals surface area contributed by atoms with E-state index in [9.17, 15) is 0 Å². The summed E-state index contributed by atoms with van der Waals surface area (Å²) in [6.07, 6.45) is 0. The van der Waals surface area contributed by atoms with Crippen LogP contribution in [0.1, 0.15) is 27.7 Å². The van der Waals surface area contributed by atoms with E-state index in [1.807, 2.05) is 24.3 Å². The van der Waals surface area contributed by atoms with Gasteiger partial charge in [-0.05, 0) is 91.1 Å². The number of para-hydroxylation sites is 1. The Morgan fingerprint density at radius 1 is 0.479 bits per heavy atom. The van der Waals surface area contributed by atoms with Crippen molar-refractivity contribution >= 4 is 56.1 Å². The zero-order chi connectivity index (χ0) is 32.6. The van der Waals surface area contributed by atoms with Crippen LogP contribution in [0.4, 0.5) is 0 Å². The quantitative estimate of drug-likeness (QED) is 0.144. The molecule has 1 aliphatic heterocycles. The molecule has 6 heteroatoms. The van der Waals surface area contributed by atoms with Gasteiger partial charge in [0.2, 0.25) is 0 Å². The molecule has 1 saturated heterocycles. The molecule has 232 valence electrons. The Balaban J connectivity index is 1.17. The third-order valence-corrected chi connectivity index (χ3v) is 10.1. The van der Waals surface area contributed by atoms with Crippen LogP contribution in [0.3, 0.4) is 0 Å². The van der Waals surface area contributed by atoms with E-state index < -0.39 is 18.3 Å². The van der Waals surface area contributed by atoms with E-state index in [1.54, 1.807) is 0 Å². The van der Waals surface area contributed by atoms with Gasteiger partial charge in [0.15, 0.2) is 5.82 Å². The van der Waals surface area contributed by atoms with Gasteiger partial charge in [0, 0.05) is 27.5 Å². The lowest BCUT2D eigenvalue weighted by atomic mass is 9.79. The van der Waals surface area contributed by atoms with E-state index in [4.69, 9.17) is 23.7 Å². The van der Waals surface area contributed by atoms with E-state index in [0.29, 0.717) is 5.82 Å². The van der Waals surface area contributed by atoms with Crippen LogP contribution >= 0.6 is 0 Å². The third-order valence-electron chi connectivity index (χ3n) is 10.1. The van der Waals surface area contributed by atoms with Gasteiger partial charge in [-0.3, -0.25) is 0 Å². The van der Waals surface area contributed by atoms with Crippen molar-refractivity contribution in [3.05, 3.63) is 127 Å². The van der Waals surface area contributed by atoms with Crippen molar-refractivity contribution in [1.29, 1.82) is 0 Å². The molecule has 0 bridgehead atoms. The molecule has 0 radical (unpaired) electrons. The van der Waals surface area contributed by atoms with Gasteiger partial charge in [0.1, 0.15) is 11.2 Å². The topological polar surface area (TPSA) is 57.4 Å². The molecule has 0 spiro atoms. The first-order valence-electron chi connectivity index (χ1n) is 16.4. The Labute approximate surface area is 279 Å². The van der Waals surface area contributed by atoms with Crippen LogP contribution in [-0.4, -0.2) is 28.3 Å². The number of fused-ring (bicyclic) bond motifs is 6. The average molecular weight is 625 g/mol. The highest BCUT2D eigenvalue weighted by atomic mass is 16.7. The van der Waals surface area contributed by atoms with E-state index >= 15 is 0 Å². The van der Waals surface area contributed by atoms with Gasteiger partial charge in [-0.1, -0.05) is 91.0 Å². The first-order valence-corrected chi connectivity index (χ1v) is 16.4. The summed E-state index contributed by atoms with van der Waals surface area (Å²) in [5, 5.41) is 7.02. The number of aromatic nitrogens is 2. The molecule has 1 fully saturated rings. The highest BCUT2D eigenvalue weighted by molar-refractivity contribution is 6.62. The minimum absolute atomic E-state index is 0.407. The summed E-state index contributed by atoms with van der Waals surface area (Å²) in [5.41, 5.74) is 6.53. The van der Waals surface area contributed by atoms with Crippen molar-refractivity contribution in [2.24, 2.45) is 0 Å². The zero-order valence-electron chi connectivity index (χ0n) is 27.3. The van der Waals surface area contributed by atoms with Crippen molar-refractivity contribution in [2.75, 3.05) is 0 Å². The summed E-state index contributed by atoms with van der Waals surface area (Å²) < 4.78 is 18.7. The predicted molar refractivity (Wildman–Crippen MR) is 196 cm³/mol. The lowest BCUT2D eigenvalue weighted by molar-refractivity contribution is 0.00578. The lowest BCUT2D eigenvalue weighted by Crippen LogP contribution is -2.41. The summed E-state index contributed by atoms with van der Waals surface area (Å²) in [6.45, 7) is 8.28. The van der Waals surface area contributed by atoms with Gasteiger partial charge in [-0.2, -0.15) is 0 Å². The summed E-state index contributed by atoms with van der Waals surface area (Å²) >= 11 is 0. The first kappa shape index (κ1) is 28.9. The molecule has 0 N–H and O–H groups in total. The number of rotatable bonds is 4. The fourth-order valence-electron chi connectivity index (χ4n) is 6.70. The van der Waals surface area contributed by atoms with Crippen LogP contribution in [0.2, 0.25) is 0 Å². The van der Waals surface area contributed by atoms with Gasteiger partial charge in [-0.25, -0.2) is 9.97 Å². The second-order valence-electron chi connectivity index (χ2n) is 13.7. The summed E-state index contributed by atoms with van der Waals surface area (Å²) in [5.74, 6) is 0.652. The molecule has 8 aromatic rings. The third kappa shape index (κ3) is 4.71. The van der Waals surface area contributed by atoms with Gasteiger partial charge in [-0.15, -0.1) is 0 Å². The molecule has 3 heterocycles. The maximum Gasteiger partial charge on any atom is 0.494 e. The Hall–Kier alpha value is -5.30. The van der Waals surface area contributed by atoms with Crippen LogP contribution in [0, 0.1) is 0 Å². The smallest absolute Gasteiger partial charge is 0.456 e. The maximum atomic E-state index is 6.31. The van der Waals surface area contributed by atoms with Crippen molar-refractivity contribution in [3.8, 4) is 33.9 Å². The van der Waals surface area contributed by atoms with Crippen molar-refractivity contribution in [3.63, 3.8) is 0 Å². The summed E-state index contributed by atoms with van der Waals surface area (Å²) in [6, 6.07) is 44.2. The molecule has 0 atom stereocenters. The molecule has 1 aliphatic rings. The van der Waals surface area contributed by atoms with E-state index in [1.165, 1.54) is 21.5 Å². The van der Waals surface area contributed by atoms with Crippen LogP contribution < -0.4 is 5.46 Å². The molecule has 48 heavy (non-hydrogen) atoms. The largest absolute Gasteiger partial charge is 0.494 e. The molecule has 5 nitrogen and oxygen atoms in total. The van der Waals surface area contributed by atoms with Crippen molar-refractivity contribution in [1.82, 2.24) is 9.97 Å². The zero-order valence-corrected chi connectivity index (χ0v) is 27.3. The van der Waals surface area contributed by atoms with E-state index in [-0.39, 0.29) is 0 Å². The van der Waals surface area contributed by atoms with Crippen molar-refractivity contribution < 1.29 is 13.7 Å². The molecular formula is C42H33BN2O3. The molecule has 2 aromatic heterocycles. The van der Waals surface area contributed by atoms with Gasteiger partial charge in [0.25, 0.3) is 0 Å². The molecular weight excluding hydrogens is 591 g/mol. The maximum absolute atomic E-state index is 6.31. The molecule has 0 amide bonds. The number of hydrogen-bond donors (Lipinski definition) is 0. The molecule has 0 unspecified atom stereocenters. The van der Waals surface area contributed by atoms with E-state index in [2.05, 4.69) is 131 Å². The van der Waals surface area contributed by atoms with Crippen LogP contribution in [0.15, 0.2) is 132 Å². The predicted octanol–water partition coefficient (Wildman–Crippen LogP) is 9.98. The minimum Gasteiger partial charge on any atom is -0.456 e. The lowest BCUT2D eigenvalue weighted by Gasteiger charge is -2.32. The number of furan rings is 1. The Bertz CT molecular complexity index is 2520. The number of benzene rings is 6. The summed E-state index contributed by atoms with van der Waals surface area (Å²) in [7, 11) is -0.433. The van der Waals surface area contributed by atoms with Crippen LogP contribution in [0.25, 0.3) is 77.4 Å². The molecule has 9 rings (SSSR count). The highest BCUT2D eigenvalue weighted by Crippen LogP contribution is 2.38. The Morgan fingerprint density at radius 3 is 1.83 bits per heavy atom. The van der Waals surface area contributed by atoms with Gasteiger partial charge < -0.3 is 13.7 Å². The van der Waals surface area contributed by atoms with Gasteiger partial charge >= 0.3 is 7.12 Å². The number of nitrogens with zero attached hydrogens (tertiary/aromatic N) is 2. The SMILES string of the molecule is CC1(C)OB(c2ccc(-c3nc(-c4ccc5c(ccc6ccccc65)c4)cc(-c4ccc5oc6ccccc6c5c4)n3)cc2)OC1(C)C. The molecule has 0 saturated carbocycles. The van der Waals surface area contributed by atoms with Crippen LogP contribution in [-0.2, 0) is 9.31 Å². The monoisotopic (exact) mass is 624 g/mol. The van der Waals surface area contributed by atoms with Crippen LogP contribution in [0.5, 0.6) is 0 Å². The van der Waals surface area contributed by atoms with Gasteiger partial charge in [0.05, 0.1) is 22.6 Å². The molecule has 6 aromatic carbocycles.